The van der Waals surface area contributed by atoms with Gasteiger partial charge in [-0.2, -0.15) is 0 Å². The van der Waals surface area contributed by atoms with Crippen molar-refractivity contribution in [3.8, 4) is 11.5 Å². The minimum Gasteiger partial charge on any atom is -0.486 e. The molecular formula is C25H30Cl2N2O4. The van der Waals surface area contributed by atoms with Crippen molar-refractivity contribution in [3.05, 3.63) is 57.6 Å². The van der Waals surface area contributed by atoms with Crippen molar-refractivity contribution in [1.29, 1.82) is 0 Å². The number of aryl methyl sites for hydroxylation is 1. The lowest BCUT2D eigenvalue weighted by Crippen LogP contribution is -2.47. The largest absolute Gasteiger partial charge is 0.486 e. The summed E-state index contributed by atoms with van der Waals surface area (Å²) in [7, 11) is 0. The van der Waals surface area contributed by atoms with Crippen LogP contribution in [-0.4, -0.2) is 42.5 Å². The first kappa shape index (κ1) is 25.2. The summed E-state index contributed by atoms with van der Waals surface area (Å²) in [4.78, 5) is 27.6. The van der Waals surface area contributed by atoms with Gasteiger partial charge < -0.3 is 19.7 Å². The number of ether oxygens (including phenoxy) is 2. The van der Waals surface area contributed by atoms with Crippen molar-refractivity contribution in [2.45, 2.75) is 52.1 Å². The van der Waals surface area contributed by atoms with E-state index < -0.39 is 6.04 Å². The summed E-state index contributed by atoms with van der Waals surface area (Å²) in [5.41, 5.74) is 1.78. The van der Waals surface area contributed by atoms with E-state index >= 15 is 0 Å². The van der Waals surface area contributed by atoms with Crippen molar-refractivity contribution < 1.29 is 19.1 Å². The number of hydrogen-bond donors (Lipinski definition) is 1. The van der Waals surface area contributed by atoms with E-state index in [9.17, 15) is 9.59 Å². The number of rotatable bonds is 10. The van der Waals surface area contributed by atoms with Gasteiger partial charge in [0.25, 0.3) is 0 Å². The van der Waals surface area contributed by atoms with E-state index in [1.165, 1.54) is 0 Å². The maximum atomic E-state index is 13.3. The van der Waals surface area contributed by atoms with Crippen LogP contribution >= 0.6 is 23.2 Å². The highest BCUT2D eigenvalue weighted by Gasteiger charge is 2.26. The molecule has 0 fully saturated rings. The molecule has 2 amide bonds. The summed E-state index contributed by atoms with van der Waals surface area (Å²) < 4.78 is 11.2. The average Bonchev–Trinajstić information content (AvgIpc) is 2.82. The van der Waals surface area contributed by atoms with Crippen LogP contribution in [-0.2, 0) is 22.6 Å². The van der Waals surface area contributed by atoms with E-state index in [1.54, 1.807) is 24.0 Å². The highest BCUT2D eigenvalue weighted by Crippen LogP contribution is 2.31. The molecule has 2 aromatic rings. The topological polar surface area (TPSA) is 67.9 Å². The number of hydrogen-bond acceptors (Lipinski definition) is 4. The Hall–Kier alpha value is -2.44. The zero-order valence-electron chi connectivity index (χ0n) is 19.0. The molecule has 1 N–H and O–H groups in total. The molecule has 3 rings (SSSR count). The third-order valence-corrected chi connectivity index (χ3v) is 6.31. The van der Waals surface area contributed by atoms with E-state index in [1.807, 2.05) is 24.3 Å². The highest BCUT2D eigenvalue weighted by atomic mass is 35.5. The maximum absolute atomic E-state index is 13.3. The van der Waals surface area contributed by atoms with Gasteiger partial charge in [0.15, 0.2) is 11.5 Å². The fraction of sp³-hybridized carbons (Fsp3) is 0.440. The second-order valence-corrected chi connectivity index (χ2v) is 8.88. The van der Waals surface area contributed by atoms with Gasteiger partial charge in [0.05, 0.1) is 10.0 Å². The third kappa shape index (κ3) is 7.02. The molecule has 0 unspecified atom stereocenters. The molecule has 6 nitrogen and oxygen atoms in total. The molecule has 178 valence electrons. The van der Waals surface area contributed by atoms with Gasteiger partial charge in [0.1, 0.15) is 19.3 Å². The number of amides is 2. The molecule has 2 aromatic carbocycles. The van der Waals surface area contributed by atoms with Crippen molar-refractivity contribution in [1.82, 2.24) is 10.2 Å². The van der Waals surface area contributed by atoms with Gasteiger partial charge in [0, 0.05) is 19.5 Å². The Morgan fingerprint density at radius 2 is 1.76 bits per heavy atom. The Kier molecular flexibility index (Phi) is 9.27. The minimum absolute atomic E-state index is 0.117. The van der Waals surface area contributed by atoms with Crippen LogP contribution < -0.4 is 14.8 Å². The molecule has 0 aromatic heterocycles. The molecular weight excluding hydrogens is 463 g/mol. The average molecular weight is 493 g/mol. The SMILES string of the molecule is CCCCNC(=O)[C@H](C)N(Cc1ccc(Cl)c(Cl)c1)C(=O)CCc1ccc2c(c1)OCCO2. The quantitative estimate of drug-likeness (QED) is 0.472. The van der Waals surface area contributed by atoms with Crippen molar-refractivity contribution in [2.24, 2.45) is 0 Å². The second kappa shape index (κ2) is 12.1. The molecule has 8 heteroatoms. The summed E-state index contributed by atoms with van der Waals surface area (Å²) in [6.07, 6.45) is 2.66. The zero-order valence-corrected chi connectivity index (χ0v) is 20.5. The van der Waals surface area contributed by atoms with Gasteiger partial charge in [-0.05, 0) is 55.2 Å². The van der Waals surface area contributed by atoms with Crippen molar-refractivity contribution >= 4 is 35.0 Å². The molecule has 1 aliphatic heterocycles. The Morgan fingerprint density at radius 3 is 2.48 bits per heavy atom. The van der Waals surface area contributed by atoms with E-state index in [0.717, 1.165) is 29.7 Å². The molecule has 1 aliphatic rings. The number of nitrogens with one attached hydrogen (secondary N) is 1. The van der Waals surface area contributed by atoms with Crippen LogP contribution in [0.1, 0.15) is 44.2 Å². The summed E-state index contributed by atoms with van der Waals surface area (Å²) in [6.45, 7) is 5.71. The zero-order chi connectivity index (χ0) is 23.8. The predicted octanol–water partition coefficient (Wildman–Crippen LogP) is 5.03. The summed E-state index contributed by atoms with van der Waals surface area (Å²) in [6, 6.07) is 10.3. The van der Waals surface area contributed by atoms with Crippen LogP contribution in [0.2, 0.25) is 10.0 Å². The number of carbonyl (C=O) groups excluding carboxylic acids is 2. The van der Waals surface area contributed by atoms with E-state index in [-0.39, 0.29) is 24.8 Å². The van der Waals surface area contributed by atoms with Crippen LogP contribution in [0.4, 0.5) is 0 Å². The van der Waals surface area contributed by atoms with E-state index in [4.69, 9.17) is 32.7 Å². The second-order valence-electron chi connectivity index (χ2n) is 8.07. The summed E-state index contributed by atoms with van der Waals surface area (Å²) in [5.74, 6) is 1.13. The van der Waals surface area contributed by atoms with Crippen LogP contribution in [0.15, 0.2) is 36.4 Å². The lowest BCUT2D eigenvalue weighted by Gasteiger charge is -2.29. The van der Waals surface area contributed by atoms with Crippen molar-refractivity contribution in [2.75, 3.05) is 19.8 Å². The first-order chi connectivity index (χ1) is 15.9. The lowest BCUT2D eigenvalue weighted by molar-refractivity contribution is -0.140. The van der Waals surface area contributed by atoms with Crippen LogP contribution in [0, 0.1) is 0 Å². The fourth-order valence-corrected chi connectivity index (χ4v) is 3.91. The van der Waals surface area contributed by atoms with Crippen molar-refractivity contribution in [3.63, 3.8) is 0 Å². The first-order valence-electron chi connectivity index (χ1n) is 11.3. The monoisotopic (exact) mass is 492 g/mol. The molecule has 0 radical (unpaired) electrons. The predicted molar refractivity (Wildman–Crippen MR) is 130 cm³/mol. The first-order valence-corrected chi connectivity index (χ1v) is 12.0. The van der Waals surface area contributed by atoms with Crippen LogP contribution in [0.3, 0.4) is 0 Å². The molecule has 1 heterocycles. The van der Waals surface area contributed by atoms with Gasteiger partial charge in [-0.3, -0.25) is 9.59 Å². The molecule has 33 heavy (non-hydrogen) atoms. The van der Waals surface area contributed by atoms with Gasteiger partial charge in [0.2, 0.25) is 11.8 Å². The molecule has 0 saturated heterocycles. The molecule has 0 saturated carbocycles. The standard InChI is InChI=1S/C25H30Cl2N2O4/c1-3-4-11-28-25(31)17(2)29(16-19-5-8-20(26)21(27)14-19)24(30)10-7-18-6-9-22-23(15-18)33-13-12-32-22/h5-6,8-9,14-15,17H,3-4,7,10-13,16H2,1-2H3,(H,28,31)/t17-/m0/s1. The Bertz CT molecular complexity index is 983. The highest BCUT2D eigenvalue weighted by molar-refractivity contribution is 6.42. The van der Waals surface area contributed by atoms with Gasteiger partial charge >= 0.3 is 0 Å². The van der Waals surface area contributed by atoms with Gasteiger partial charge in [-0.15, -0.1) is 0 Å². The summed E-state index contributed by atoms with van der Waals surface area (Å²) >= 11 is 12.2. The van der Waals surface area contributed by atoms with E-state index in [2.05, 4.69) is 12.2 Å². The molecule has 0 bridgehead atoms. The minimum atomic E-state index is -0.621. The smallest absolute Gasteiger partial charge is 0.242 e. The number of carbonyl (C=O) groups is 2. The van der Waals surface area contributed by atoms with Crippen LogP contribution in [0.5, 0.6) is 11.5 Å². The van der Waals surface area contributed by atoms with E-state index in [0.29, 0.717) is 42.0 Å². The molecule has 0 aliphatic carbocycles. The maximum Gasteiger partial charge on any atom is 0.242 e. The summed E-state index contributed by atoms with van der Waals surface area (Å²) in [5, 5.41) is 3.78. The Morgan fingerprint density at radius 1 is 1.03 bits per heavy atom. The van der Waals surface area contributed by atoms with Gasteiger partial charge in [-0.1, -0.05) is 48.7 Å². The fourth-order valence-electron chi connectivity index (χ4n) is 3.59. The number of unbranched alkanes of at least 4 members (excludes halogenated alkanes) is 1. The molecule has 0 spiro atoms. The van der Waals surface area contributed by atoms with Crippen LogP contribution in [0.25, 0.3) is 0 Å². The molecule has 1 atom stereocenters. The number of benzene rings is 2. The normalized spacial score (nSPS) is 13.3. The third-order valence-electron chi connectivity index (χ3n) is 5.57. The Balaban J connectivity index is 1.71. The Labute approximate surface area is 205 Å². The number of halogens is 2. The number of nitrogens with zero attached hydrogens (tertiary/aromatic N) is 1. The lowest BCUT2D eigenvalue weighted by atomic mass is 10.1. The number of fused-ring (bicyclic) bond motifs is 1. The van der Waals surface area contributed by atoms with Gasteiger partial charge in [-0.25, -0.2) is 0 Å².